The summed E-state index contributed by atoms with van der Waals surface area (Å²) in [5.74, 6) is -0.198. The Morgan fingerprint density at radius 2 is 1.76 bits per heavy atom. The molecule has 1 aliphatic carbocycles. The fourth-order valence-electron chi connectivity index (χ4n) is 4.77. The predicted octanol–water partition coefficient (Wildman–Crippen LogP) is 3.38. The van der Waals surface area contributed by atoms with Crippen molar-refractivity contribution in [3.8, 4) is 0 Å². The number of imide groups is 1. The normalized spacial score (nSPS) is 19.9. The lowest BCUT2D eigenvalue weighted by atomic mass is 10.2. The maximum atomic E-state index is 13.3. The molecule has 202 valence electrons. The molecule has 3 aliphatic rings. The van der Waals surface area contributed by atoms with E-state index in [1.165, 1.54) is 35.4 Å². The van der Waals surface area contributed by atoms with Crippen LogP contribution in [0.4, 0.5) is 29.5 Å². The third-order valence-electron chi connectivity index (χ3n) is 6.99. The van der Waals surface area contributed by atoms with Crippen LogP contribution in [0.15, 0.2) is 47.5 Å². The molecular formula is C25H27F3N6O3S. The summed E-state index contributed by atoms with van der Waals surface area (Å²) in [5.41, 5.74) is -4.46. The molecule has 1 N–H and O–H groups in total. The highest BCUT2D eigenvalue weighted by Gasteiger charge is 2.65. The highest BCUT2D eigenvalue weighted by Crippen LogP contribution is 2.50. The molecule has 5 rings (SSSR count). The number of halogens is 3. The second-order valence-corrected chi connectivity index (χ2v) is 10.9. The van der Waals surface area contributed by atoms with Crippen LogP contribution in [0.3, 0.4) is 0 Å². The van der Waals surface area contributed by atoms with Gasteiger partial charge in [-0.25, -0.2) is 14.7 Å². The quantitative estimate of drug-likeness (QED) is 0.419. The molecular weight excluding hydrogens is 521 g/mol. The van der Waals surface area contributed by atoms with Crippen molar-refractivity contribution in [1.82, 2.24) is 19.7 Å². The number of thioether (sulfide) groups is 1. The molecule has 0 unspecified atom stereocenters. The zero-order valence-corrected chi connectivity index (χ0v) is 21.5. The number of hydrogen-bond acceptors (Lipinski definition) is 7. The van der Waals surface area contributed by atoms with Crippen molar-refractivity contribution in [2.24, 2.45) is 0 Å². The number of aromatic nitrogens is 1. The molecule has 3 heterocycles. The molecule has 1 aromatic heterocycles. The number of likely N-dealkylation sites (N-methyl/N-ethyl adjacent to an activating group) is 1. The van der Waals surface area contributed by atoms with Crippen molar-refractivity contribution in [3.05, 3.63) is 48.2 Å². The number of carbonyl (C=O) groups is 3. The first-order chi connectivity index (χ1) is 18.0. The van der Waals surface area contributed by atoms with Gasteiger partial charge in [-0.3, -0.25) is 14.5 Å². The van der Waals surface area contributed by atoms with Crippen molar-refractivity contribution >= 4 is 41.1 Å². The first kappa shape index (κ1) is 26.4. The van der Waals surface area contributed by atoms with Gasteiger partial charge in [0.05, 0.1) is 12.2 Å². The molecule has 0 atom stereocenters. The predicted molar refractivity (Wildman–Crippen MR) is 136 cm³/mol. The van der Waals surface area contributed by atoms with Crippen molar-refractivity contribution < 1.29 is 27.6 Å². The first-order valence-electron chi connectivity index (χ1n) is 12.2. The number of carbonyl (C=O) groups excluding carboxylic acids is 3. The standard InChI is InChI=1S/C25H27F3N6O3S/c1-31-10-12-32(13-11-31)16-21(35)30-20-14-17(6-9-29-20)15-33-23(37)34(22(36)24(33)7-8-24)18-2-4-19(5-3-18)38-25(26,27)28/h2-6,9,14H,7-8,10-13,15-16H2,1H3,(H,29,30,35). The molecule has 0 bridgehead atoms. The summed E-state index contributed by atoms with van der Waals surface area (Å²) in [4.78, 5) is 50.1. The topological polar surface area (TPSA) is 89.1 Å². The van der Waals surface area contributed by atoms with E-state index in [2.05, 4.69) is 20.1 Å². The lowest BCUT2D eigenvalue weighted by Gasteiger charge is -2.31. The minimum atomic E-state index is -4.43. The number of pyridine rings is 1. The van der Waals surface area contributed by atoms with Crippen LogP contribution in [0.2, 0.25) is 0 Å². The average molecular weight is 549 g/mol. The Hall–Kier alpha value is -3.16. The number of alkyl halides is 3. The molecule has 3 fully saturated rings. The third kappa shape index (κ3) is 5.64. The second-order valence-electron chi connectivity index (χ2n) is 9.76. The maximum absolute atomic E-state index is 13.3. The number of urea groups is 1. The van der Waals surface area contributed by atoms with Gasteiger partial charge in [-0.2, -0.15) is 13.2 Å². The summed E-state index contributed by atoms with van der Waals surface area (Å²) in [6, 6.07) is 8.07. The van der Waals surface area contributed by atoms with E-state index in [1.54, 1.807) is 12.1 Å². The molecule has 2 saturated heterocycles. The Morgan fingerprint density at radius 3 is 2.39 bits per heavy atom. The molecule has 1 spiro atoms. The Labute approximate surface area is 221 Å². The lowest BCUT2D eigenvalue weighted by Crippen LogP contribution is -2.47. The number of anilines is 2. The molecule has 4 amide bonds. The third-order valence-corrected chi connectivity index (χ3v) is 7.73. The van der Waals surface area contributed by atoms with Crippen LogP contribution in [0.5, 0.6) is 0 Å². The van der Waals surface area contributed by atoms with Crippen LogP contribution in [-0.2, 0) is 16.1 Å². The van der Waals surface area contributed by atoms with Crippen LogP contribution < -0.4 is 10.2 Å². The monoisotopic (exact) mass is 548 g/mol. The summed E-state index contributed by atoms with van der Waals surface area (Å²) >= 11 is -0.256. The number of hydrogen-bond donors (Lipinski definition) is 1. The molecule has 13 heteroatoms. The fourth-order valence-corrected chi connectivity index (χ4v) is 5.31. The number of benzene rings is 1. The minimum absolute atomic E-state index is 0.0303. The maximum Gasteiger partial charge on any atom is 0.446 e. The van der Waals surface area contributed by atoms with Crippen molar-refractivity contribution in [2.45, 2.75) is 35.3 Å². The van der Waals surface area contributed by atoms with E-state index in [-0.39, 0.29) is 47.2 Å². The molecule has 1 saturated carbocycles. The van der Waals surface area contributed by atoms with Gasteiger partial charge in [-0.15, -0.1) is 0 Å². The fraction of sp³-hybridized carbons (Fsp3) is 0.440. The summed E-state index contributed by atoms with van der Waals surface area (Å²) in [6.07, 6.45) is 2.56. The van der Waals surface area contributed by atoms with Gasteiger partial charge < -0.3 is 15.1 Å². The van der Waals surface area contributed by atoms with Crippen LogP contribution in [0.25, 0.3) is 0 Å². The van der Waals surface area contributed by atoms with Crippen LogP contribution in [0.1, 0.15) is 18.4 Å². The Kier molecular flexibility index (Phi) is 7.09. The van der Waals surface area contributed by atoms with E-state index in [4.69, 9.17) is 0 Å². The highest BCUT2D eigenvalue weighted by atomic mass is 32.2. The molecule has 38 heavy (non-hydrogen) atoms. The van der Waals surface area contributed by atoms with E-state index in [0.717, 1.165) is 31.1 Å². The molecule has 2 aliphatic heterocycles. The summed E-state index contributed by atoms with van der Waals surface area (Å²) in [6.45, 7) is 3.82. The zero-order valence-electron chi connectivity index (χ0n) is 20.7. The van der Waals surface area contributed by atoms with Gasteiger partial charge in [0.25, 0.3) is 5.91 Å². The number of amides is 4. The van der Waals surface area contributed by atoms with E-state index in [1.807, 2.05) is 7.05 Å². The van der Waals surface area contributed by atoms with Gasteiger partial charge in [0.2, 0.25) is 5.91 Å². The van der Waals surface area contributed by atoms with E-state index < -0.39 is 17.1 Å². The highest BCUT2D eigenvalue weighted by molar-refractivity contribution is 8.00. The number of nitrogens with one attached hydrogen (secondary N) is 1. The van der Waals surface area contributed by atoms with Gasteiger partial charge in [0, 0.05) is 43.8 Å². The largest absolute Gasteiger partial charge is 0.446 e. The summed E-state index contributed by atoms with van der Waals surface area (Å²) < 4.78 is 38.0. The number of rotatable bonds is 7. The van der Waals surface area contributed by atoms with Gasteiger partial charge >= 0.3 is 11.5 Å². The van der Waals surface area contributed by atoms with Gasteiger partial charge in [0.15, 0.2) is 0 Å². The van der Waals surface area contributed by atoms with Crippen LogP contribution in [-0.4, -0.2) is 88.3 Å². The molecule has 0 radical (unpaired) electrons. The Balaban J connectivity index is 1.26. The lowest BCUT2D eigenvalue weighted by molar-refractivity contribution is -0.121. The van der Waals surface area contributed by atoms with Crippen molar-refractivity contribution in [2.75, 3.05) is 50.0 Å². The zero-order chi connectivity index (χ0) is 27.1. The second kappa shape index (κ2) is 10.2. The van der Waals surface area contributed by atoms with Crippen LogP contribution in [0, 0.1) is 0 Å². The van der Waals surface area contributed by atoms with E-state index in [9.17, 15) is 27.6 Å². The van der Waals surface area contributed by atoms with Crippen molar-refractivity contribution in [1.29, 1.82) is 0 Å². The molecule has 1 aromatic carbocycles. The van der Waals surface area contributed by atoms with Gasteiger partial charge in [-0.1, -0.05) is 0 Å². The minimum Gasteiger partial charge on any atom is -0.310 e. The molecule has 9 nitrogen and oxygen atoms in total. The number of piperazine rings is 1. The van der Waals surface area contributed by atoms with E-state index in [0.29, 0.717) is 24.2 Å². The van der Waals surface area contributed by atoms with Gasteiger partial charge in [-0.05, 0) is 73.6 Å². The summed E-state index contributed by atoms with van der Waals surface area (Å²) in [7, 11) is 2.05. The molecule has 2 aromatic rings. The smallest absolute Gasteiger partial charge is 0.310 e. The summed E-state index contributed by atoms with van der Waals surface area (Å²) in [5, 5.41) is 2.81. The first-order valence-corrected chi connectivity index (χ1v) is 13.0. The van der Waals surface area contributed by atoms with Crippen LogP contribution >= 0.6 is 11.8 Å². The SMILES string of the molecule is CN1CCN(CC(=O)Nc2cc(CN3C(=O)N(c4ccc(SC(F)(F)F)cc4)C(=O)C34CC4)ccn2)CC1. The number of nitrogens with zero attached hydrogens (tertiary/aromatic N) is 5. The Bertz CT molecular complexity index is 1230. The Morgan fingerprint density at radius 1 is 1.08 bits per heavy atom. The van der Waals surface area contributed by atoms with Crippen molar-refractivity contribution in [3.63, 3.8) is 0 Å². The van der Waals surface area contributed by atoms with E-state index >= 15 is 0 Å². The van der Waals surface area contributed by atoms with Gasteiger partial charge in [0.1, 0.15) is 11.4 Å². The average Bonchev–Trinajstić information content (AvgIpc) is 3.63.